The van der Waals surface area contributed by atoms with Crippen molar-refractivity contribution in [1.82, 2.24) is 5.32 Å². The number of aliphatic carboxylic acids is 1. The minimum absolute atomic E-state index is 0.228. The van der Waals surface area contributed by atoms with Crippen molar-refractivity contribution in [3.05, 3.63) is 0 Å². The van der Waals surface area contributed by atoms with Crippen molar-refractivity contribution >= 4 is 17.8 Å². The van der Waals surface area contributed by atoms with Gasteiger partial charge >= 0.3 is 29.9 Å². The molecule has 0 saturated carbocycles. The van der Waals surface area contributed by atoms with Crippen molar-refractivity contribution in [2.45, 2.75) is 37.9 Å². The van der Waals surface area contributed by atoms with Crippen LogP contribution in [0, 0.1) is 0 Å². The lowest BCUT2D eigenvalue weighted by Gasteiger charge is -2.22. The monoisotopic (exact) mass is 321 g/mol. The van der Waals surface area contributed by atoms with Crippen LogP contribution in [0.5, 0.6) is 0 Å². The van der Waals surface area contributed by atoms with Crippen molar-refractivity contribution in [3.63, 3.8) is 0 Å². The Morgan fingerprint density at radius 3 is 2.10 bits per heavy atom. The van der Waals surface area contributed by atoms with E-state index in [4.69, 9.17) is 5.11 Å². The van der Waals surface area contributed by atoms with E-state index in [2.05, 4.69) is 4.74 Å². The van der Waals surface area contributed by atoms with Crippen molar-refractivity contribution in [3.8, 4) is 0 Å². The van der Waals surface area contributed by atoms with Crippen molar-refractivity contribution < 1.29 is 46.2 Å². The zero-order chi connectivity index (χ0) is 16.8. The summed E-state index contributed by atoms with van der Waals surface area (Å²) >= 11 is 0. The van der Waals surface area contributed by atoms with E-state index in [1.807, 2.05) is 0 Å². The number of carbonyl (C=O) groups is 3. The number of nitrogens with one attached hydrogen (secondary N) is 1. The lowest BCUT2D eigenvalue weighted by molar-refractivity contribution is -0.270. The molecule has 6 nitrogen and oxygen atoms in total. The molecule has 0 aromatic heterocycles. The smallest absolute Gasteiger partial charge is 0.463 e. The molecular formula is C10H12F5NO5. The number of alkyl halides is 5. The quantitative estimate of drug-likeness (QED) is 0.541. The molecular weight excluding hydrogens is 309 g/mol. The minimum atomic E-state index is -6.14. The van der Waals surface area contributed by atoms with Crippen LogP contribution in [0.3, 0.4) is 0 Å². The third-order valence-electron chi connectivity index (χ3n) is 2.16. The van der Waals surface area contributed by atoms with Gasteiger partial charge in [-0.05, 0) is 13.3 Å². The highest BCUT2D eigenvalue weighted by Crippen LogP contribution is 2.35. The molecule has 1 atom stereocenters. The van der Waals surface area contributed by atoms with E-state index in [1.54, 1.807) is 0 Å². The van der Waals surface area contributed by atoms with Crippen LogP contribution in [0.25, 0.3) is 0 Å². The number of carbonyl (C=O) groups excluding carboxylic acids is 2. The van der Waals surface area contributed by atoms with Crippen molar-refractivity contribution in [2.75, 3.05) is 6.61 Å². The average molecular weight is 321 g/mol. The molecule has 0 aromatic carbocycles. The molecule has 11 heteroatoms. The van der Waals surface area contributed by atoms with Gasteiger partial charge in [-0.1, -0.05) is 0 Å². The first-order valence-corrected chi connectivity index (χ1v) is 5.57. The van der Waals surface area contributed by atoms with Crippen LogP contribution in [0.2, 0.25) is 0 Å². The van der Waals surface area contributed by atoms with Crippen LogP contribution >= 0.6 is 0 Å². The van der Waals surface area contributed by atoms with E-state index in [1.165, 1.54) is 6.92 Å². The molecule has 0 aliphatic rings. The molecule has 0 rings (SSSR count). The molecule has 122 valence electrons. The maximum atomic E-state index is 12.7. The maximum Gasteiger partial charge on any atom is 0.463 e. The molecule has 0 aliphatic carbocycles. The van der Waals surface area contributed by atoms with Gasteiger partial charge in [-0.25, -0.2) is 4.79 Å². The van der Waals surface area contributed by atoms with Crippen molar-refractivity contribution in [2.24, 2.45) is 0 Å². The van der Waals surface area contributed by atoms with Crippen LogP contribution in [-0.4, -0.2) is 47.7 Å². The van der Waals surface area contributed by atoms with Crippen molar-refractivity contribution in [1.29, 1.82) is 0 Å². The summed E-state index contributed by atoms with van der Waals surface area (Å²) in [6.07, 6.45) is -7.56. The molecule has 2 N–H and O–H groups in total. The number of esters is 1. The summed E-state index contributed by atoms with van der Waals surface area (Å²) in [5.41, 5.74) is 0. The van der Waals surface area contributed by atoms with Crippen LogP contribution in [-0.2, 0) is 19.1 Å². The topological polar surface area (TPSA) is 92.7 Å². The second kappa shape index (κ2) is 7.18. The largest absolute Gasteiger partial charge is 0.481 e. The standard InChI is InChI=1S/C10H12F5NO5/c1-2-21-7(19)5(3-4-6(17)18)16-8(20)9(11,12)10(13,14)15/h5H,2-4H2,1H3,(H,16,20)(H,17,18)/t5-/m0/s1. The summed E-state index contributed by atoms with van der Waals surface area (Å²) in [4.78, 5) is 32.6. The third-order valence-corrected chi connectivity index (χ3v) is 2.16. The van der Waals surface area contributed by atoms with Gasteiger partial charge in [-0.15, -0.1) is 0 Å². The molecule has 21 heavy (non-hydrogen) atoms. The van der Waals surface area contributed by atoms with E-state index in [0.717, 1.165) is 5.32 Å². The molecule has 0 saturated heterocycles. The number of carboxylic acid groups (broad SMARTS) is 1. The summed E-state index contributed by atoms with van der Waals surface area (Å²) in [5, 5.41) is 9.56. The number of ether oxygens (including phenoxy) is 1. The lowest BCUT2D eigenvalue weighted by atomic mass is 10.1. The van der Waals surface area contributed by atoms with Gasteiger partial charge < -0.3 is 15.2 Å². The average Bonchev–Trinajstić information content (AvgIpc) is 2.32. The van der Waals surface area contributed by atoms with Crippen LogP contribution in [0.15, 0.2) is 0 Å². The number of hydrogen-bond donors (Lipinski definition) is 2. The Balaban J connectivity index is 4.99. The number of halogens is 5. The second-order valence-electron chi connectivity index (χ2n) is 3.78. The molecule has 0 heterocycles. The van der Waals surface area contributed by atoms with Crippen LogP contribution < -0.4 is 5.32 Å². The number of hydrogen-bond acceptors (Lipinski definition) is 4. The highest BCUT2D eigenvalue weighted by Gasteiger charge is 2.63. The fourth-order valence-electron chi connectivity index (χ4n) is 1.14. The zero-order valence-corrected chi connectivity index (χ0v) is 10.7. The Labute approximate surface area is 115 Å². The first-order valence-electron chi connectivity index (χ1n) is 5.57. The third kappa shape index (κ3) is 5.52. The Bertz CT molecular complexity index is 409. The SMILES string of the molecule is CCOC(=O)[C@H](CCC(=O)O)NC(=O)C(F)(F)C(F)(F)F. The molecule has 0 aliphatic heterocycles. The molecule has 0 bridgehead atoms. The fourth-order valence-corrected chi connectivity index (χ4v) is 1.14. The van der Waals surface area contributed by atoms with Crippen LogP contribution in [0.1, 0.15) is 19.8 Å². The predicted molar refractivity (Wildman–Crippen MR) is 56.4 cm³/mol. The van der Waals surface area contributed by atoms with Gasteiger partial charge in [0, 0.05) is 6.42 Å². The van der Waals surface area contributed by atoms with Gasteiger partial charge in [0.05, 0.1) is 6.61 Å². The van der Waals surface area contributed by atoms with Gasteiger partial charge in [0.2, 0.25) is 0 Å². The van der Waals surface area contributed by atoms with Gasteiger partial charge in [-0.3, -0.25) is 9.59 Å². The van der Waals surface area contributed by atoms with Gasteiger partial charge in [-0.2, -0.15) is 22.0 Å². The minimum Gasteiger partial charge on any atom is -0.481 e. The van der Waals surface area contributed by atoms with Gasteiger partial charge in [0.25, 0.3) is 0 Å². The summed E-state index contributed by atoms with van der Waals surface area (Å²) in [6.45, 7) is 1.10. The maximum absolute atomic E-state index is 12.7. The Hall–Kier alpha value is -1.94. The fraction of sp³-hybridized carbons (Fsp3) is 0.700. The summed E-state index contributed by atoms with van der Waals surface area (Å²) in [6, 6.07) is -1.92. The highest BCUT2D eigenvalue weighted by molar-refractivity contribution is 5.89. The molecule has 0 unspecified atom stereocenters. The van der Waals surface area contributed by atoms with E-state index in [9.17, 15) is 36.3 Å². The zero-order valence-electron chi connectivity index (χ0n) is 10.7. The number of rotatable bonds is 7. The number of amides is 1. The molecule has 1 amide bonds. The summed E-state index contributed by atoms with van der Waals surface area (Å²) in [7, 11) is 0. The Morgan fingerprint density at radius 2 is 1.71 bits per heavy atom. The second-order valence-corrected chi connectivity index (χ2v) is 3.78. The molecule has 0 spiro atoms. The first kappa shape index (κ1) is 19.1. The predicted octanol–water partition coefficient (Wildman–Crippen LogP) is 1.10. The molecule has 0 radical (unpaired) electrons. The van der Waals surface area contributed by atoms with E-state index < -0.39 is 48.8 Å². The normalized spacial score (nSPS) is 13.4. The summed E-state index contributed by atoms with van der Waals surface area (Å²) < 4.78 is 65.7. The Kier molecular flexibility index (Phi) is 6.52. The van der Waals surface area contributed by atoms with E-state index in [0.29, 0.717) is 0 Å². The van der Waals surface area contributed by atoms with Gasteiger partial charge in [0.1, 0.15) is 6.04 Å². The van der Waals surface area contributed by atoms with E-state index in [-0.39, 0.29) is 6.61 Å². The molecule has 0 aromatic rings. The number of carboxylic acids is 1. The van der Waals surface area contributed by atoms with Gasteiger partial charge in [0.15, 0.2) is 0 Å². The van der Waals surface area contributed by atoms with Crippen LogP contribution in [0.4, 0.5) is 22.0 Å². The lowest BCUT2D eigenvalue weighted by Crippen LogP contribution is -2.55. The highest BCUT2D eigenvalue weighted by atomic mass is 19.4. The van der Waals surface area contributed by atoms with E-state index >= 15 is 0 Å². The summed E-state index contributed by atoms with van der Waals surface area (Å²) in [5.74, 6) is -11.2. The Morgan fingerprint density at radius 1 is 1.19 bits per heavy atom. The molecule has 0 fully saturated rings. The first-order chi connectivity index (χ1) is 9.43.